The Balaban J connectivity index is 1.37. The van der Waals surface area contributed by atoms with Crippen molar-refractivity contribution in [3.8, 4) is 5.75 Å². The summed E-state index contributed by atoms with van der Waals surface area (Å²) >= 11 is -1.92. The number of benzene rings is 2. The molecule has 3 rings (SSSR count). The van der Waals surface area contributed by atoms with Crippen molar-refractivity contribution in [2.75, 3.05) is 19.7 Å². The van der Waals surface area contributed by atoms with Gasteiger partial charge in [0.15, 0.2) is 0 Å². The largest absolute Gasteiger partial charge is 0.494 e. The van der Waals surface area contributed by atoms with Crippen molar-refractivity contribution >= 4 is 17.2 Å². The Kier molecular flexibility index (Phi) is 10.8. The fourth-order valence-corrected chi connectivity index (χ4v) is 4.61. The number of hydrogen-bond donors (Lipinski definition) is 3. The molecule has 0 amide bonds. The lowest BCUT2D eigenvalue weighted by Crippen LogP contribution is -2.40. The van der Waals surface area contributed by atoms with Crippen LogP contribution in [0.1, 0.15) is 43.2 Å². The van der Waals surface area contributed by atoms with Crippen LogP contribution in [0.25, 0.3) is 0 Å². The van der Waals surface area contributed by atoms with Gasteiger partial charge < -0.3 is 15.2 Å². The van der Waals surface area contributed by atoms with Crippen molar-refractivity contribution in [2.45, 2.75) is 51.2 Å². The number of unbranched alkanes of at least 4 members (excludes halogenated alkanes) is 1. The smallest absolute Gasteiger partial charge is 0.322 e. The van der Waals surface area contributed by atoms with Gasteiger partial charge in [0.1, 0.15) is 11.8 Å². The van der Waals surface area contributed by atoms with E-state index in [1.807, 2.05) is 54.6 Å². The molecule has 1 heterocycles. The Morgan fingerprint density at radius 2 is 1.79 bits per heavy atom. The minimum atomic E-state index is -1.92. The Bertz CT molecular complexity index is 857. The third kappa shape index (κ3) is 9.63. The van der Waals surface area contributed by atoms with Crippen LogP contribution in [-0.4, -0.2) is 41.0 Å². The Labute approximate surface area is 198 Å². The maximum Gasteiger partial charge on any atom is 0.322 e. The molecule has 2 unspecified atom stereocenters. The Morgan fingerprint density at radius 1 is 1.06 bits per heavy atom. The number of rotatable bonds is 14. The molecule has 33 heavy (non-hydrogen) atoms. The zero-order chi connectivity index (χ0) is 23.3. The molecule has 2 atom stereocenters. The van der Waals surface area contributed by atoms with Gasteiger partial charge in [0, 0.05) is 0 Å². The van der Waals surface area contributed by atoms with Crippen LogP contribution in [0.2, 0.25) is 0 Å². The van der Waals surface area contributed by atoms with Gasteiger partial charge in [-0.05, 0) is 74.4 Å². The van der Waals surface area contributed by atoms with Crippen LogP contribution in [0.3, 0.4) is 0 Å². The summed E-state index contributed by atoms with van der Waals surface area (Å²) in [6.45, 7) is 3.10. The van der Waals surface area contributed by atoms with Gasteiger partial charge >= 0.3 is 5.97 Å². The van der Waals surface area contributed by atoms with Gasteiger partial charge in [0.2, 0.25) is 11.3 Å². The molecule has 0 saturated carbocycles. The summed E-state index contributed by atoms with van der Waals surface area (Å²) in [4.78, 5) is 11.6. The molecule has 1 fully saturated rings. The summed E-state index contributed by atoms with van der Waals surface area (Å²) in [7, 11) is 0. The molecule has 0 bridgehead atoms. The molecule has 1 aliphatic rings. The first-order valence-corrected chi connectivity index (χ1v) is 12.7. The first kappa shape index (κ1) is 25.4. The van der Waals surface area contributed by atoms with Crippen molar-refractivity contribution in [3.63, 3.8) is 0 Å². The maximum absolute atomic E-state index is 12.1. The third-order valence-electron chi connectivity index (χ3n) is 5.81. The molecule has 2 aromatic rings. The predicted molar refractivity (Wildman–Crippen MR) is 129 cm³/mol. The maximum atomic E-state index is 12.1. The van der Waals surface area contributed by atoms with Gasteiger partial charge in [-0.3, -0.25) is 8.98 Å². The molecule has 2 aromatic carbocycles. The van der Waals surface area contributed by atoms with Crippen LogP contribution in [0.15, 0.2) is 54.6 Å². The minimum Gasteiger partial charge on any atom is -0.494 e. The van der Waals surface area contributed by atoms with E-state index in [9.17, 15) is 14.1 Å². The van der Waals surface area contributed by atoms with Crippen LogP contribution in [0.5, 0.6) is 5.75 Å². The standard InChI is InChI=1S/C25H34N2O5S/c28-25(29)24(27-33(30)32-19-22-7-2-1-3-8-22)18-21-9-11-23(12-10-21)31-17-5-4-6-20-13-15-26-16-14-20/h1-3,7-12,20,24,26-27H,4-6,13-19H2,(H,28,29). The van der Waals surface area contributed by atoms with Gasteiger partial charge in [-0.15, -0.1) is 0 Å². The lowest BCUT2D eigenvalue weighted by molar-refractivity contribution is -0.138. The highest BCUT2D eigenvalue weighted by atomic mass is 32.2. The average Bonchev–Trinajstić information content (AvgIpc) is 2.84. The van der Waals surface area contributed by atoms with Gasteiger partial charge in [-0.25, -0.2) is 4.21 Å². The first-order valence-electron chi connectivity index (χ1n) is 11.6. The van der Waals surface area contributed by atoms with E-state index in [4.69, 9.17) is 8.92 Å². The fourth-order valence-electron chi connectivity index (χ4n) is 3.88. The van der Waals surface area contributed by atoms with Gasteiger partial charge in [-0.1, -0.05) is 48.9 Å². The number of aliphatic carboxylic acids is 1. The van der Waals surface area contributed by atoms with E-state index in [-0.39, 0.29) is 13.0 Å². The van der Waals surface area contributed by atoms with Crippen LogP contribution in [0, 0.1) is 5.92 Å². The monoisotopic (exact) mass is 474 g/mol. The van der Waals surface area contributed by atoms with Crippen molar-refractivity contribution in [1.29, 1.82) is 0 Å². The Hall–Kier alpha value is -2.26. The molecule has 0 spiro atoms. The van der Waals surface area contributed by atoms with Crippen LogP contribution in [-0.2, 0) is 33.3 Å². The highest BCUT2D eigenvalue weighted by molar-refractivity contribution is 7.78. The minimum absolute atomic E-state index is 0.136. The SMILES string of the molecule is O=C(O)C(Cc1ccc(OCCCCC2CCNCC2)cc1)NS(=O)OCc1ccccc1. The molecule has 0 aliphatic carbocycles. The zero-order valence-electron chi connectivity index (χ0n) is 18.9. The molecule has 0 radical (unpaired) electrons. The number of hydrogen-bond acceptors (Lipinski definition) is 5. The van der Waals surface area contributed by atoms with E-state index in [1.54, 1.807) is 0 Å². The van der Waals surface area contributed by atoms with E-state index < -0.39 is 23.3 Å². The topological polar surface area (TPSA) is 96.9 Å². The summed E-state index contributed by atoms with van der Waals surface area (Å²) in [5, 5.41) is 12.9. The molecule has 0 aromatic heterocycles. The second-order valence-electron chi connectivity index (χ2n) is 8.38. The number of nitrogens with one attached hydrogen (secondary N) is 2. The van der Waals surface area contributed by atoms with Gasteiger partial charge in [0.25, 0.3) is 0 Å². The molecule has 3 N–H and O–H groups in total. The average molecular weight is 475 g/mol. The molecule has 180 valence electrons. The molecule has 8 heteroatoms. The highest BCUT2D eigenvalue weighted by Gasteiger charge is 2.21. The van der Waals surface area contributed by atoms with Crippen LogP contribution >= 0.6 is 0 Å². The zero-order valence-corrected chi connectivity index (χ0v) is 19.7. The number of carboxylic acid groups (broad SMARTS) is 1. The van der Waals surface area contributed by atoms with Crippen molar-refractivity contribution in [1.82, 2.24) is 10.0 Å². The van der Waals surface area contributed by atoms with E-state index >= 15 is 0 Å². The fraction of sp³-hybridized carbons (Fsp3) is 0.480. The van der Waals surface area contributed by atoms with E-state index in [0.29, 0.717) is 6.61 Å². The lowest BCUT2D eigenvalue weighted by Gasteiger charge is -2.22. The number of ether oxygens (including phenoxy) is 1. The molecular formula is C25H34N2O5S. The van der Waals surface area contributed by atoms with Gasteiger partial charge in [-0.2, -0.15) is 4.72 Å². The number of piperidine rings is 1. The molecular weight excluding hydrogens is 440 g/mol. The summed E-state index contributed by atoms with van der Waals surface area (Å²) in [5.74, 6) is 0.537. The molecule has 7 nitrogen and oxygen atoms in total. The second-order valence-corrected chi connectivity index (χ2v) is 9.32. The lowest BCUT2D eigenvalue weighted by atomic mass is 9.93. The summed E-state index contributed by atoms with van der Waals surface area (Å²) in [5.41, 5.74) is 1.68. The van der Waals surface area contributed by atoms with Crippen molar-refractivity contribution in [2.24, 2.45) is 5.92 Å². The second kappa shape index (κ2) is 14.1. The number of carbonyl (C=O) groups is 1. The summed E-state index contributed by atoms with van der Waals surface area (Å²) < 4.78 is 25.8. The van der Waals surface area contributed by atoms with E-state index in [1.165, 1.54) is 25.7 Å². The highest BCUT2D eigenvalue weighted by Crippen LogP contribution is 2.19. The molecule has 1 saturated heterocycles. The van der Waals surface area contributed by atoms with Crippen molar-refractivity contribution < 1.29 is 23.0 Å². The normalized spacial score (nSPS) is 16.2. The Morgan fingerprint density at radius 3 is 2.48 bits per heavy atom. The van der Waals surface area contributed by atoms with Gasteiger partial charge in [0.05, 0.1) is 13.2 Å². The predicted octanol–water partition coefficient (Wildman–Crippen LogP) is 3.62. The van der Waals surface area contributed by atoms with Crippen LogP contribution < -0.4 is 14.8 Å². The number of carboxylic acids is 1. The molecule has 1 aliphatic heterocycles. The summed E-state index contributed by atoms with van der Waals surface area (Å²) in [6, 6.07) is 15.7. The van der Waals surface area contributed by atoms with Crippen LogP contribution in [0.4, 0.5) is 0 Å². The first-order chi connectivity index (χ1) is 16.1. The quantitative estimate of drug-likeness (QED) is 0.362. The summed E-state index contributed by atoms with van der Waals surface area (Å²) in [6.07, 6.45) is 6.22. The van der Waals surface area contributed by atoms with Crippen molar-refractivity contribution in [3.05, 3.63) is 65.7 Å². The van der Waals surface area contributed by atoms with E-state index in [2.05, 4.69) is 10.0 Å². The third-order valence-corrected chi connectivity index (χ3v) is 6.62. The van der Waals surface area contributed by atoms with E-state index in [0.717, 1.165) is 42.3 Å².